The second-order valence-electron chi connectivity index (χ2n) is 5.62. The summed E-state index contributed by atoms with van der Waals surface area (Å²) in [7, 11) is 0. The van der Waals surface area contributed by atoms with E-state index in [1.54, 1.807) is 0 Å². The highest BCUT2D eigenvalue weighted by Gasteiger charge is 2.39. The third-order valence-corrected chi connectivity index (χ3v) is 4.56. The predicted octanol–water partition coefficient (Wildman–Crippen LogP) is 2.63. The monoisotopic (exact) mass is 245 g/mol. The molecular weight excluding hydrogens is 222 g/mol. The van der Waals surface area contributed by atoms with Gasteiger partial charge in [-0.3, -0.25) is 4.90 Å². The van der Waals surface area contributed by atoms with Gasteiger partial charge >= 0.3 is 0 Å². The minimum absolute atomic E-state index is 0.0333. The van der Waals surface area contributed by atoms with Crippen LogP contribution in [0.2, 0.25) is 0 Å². The van der Waals surface area contributed by atoms with Gasteiger partial charge in [0, 0.05) is 18.0 Å². The van der Waals surface area contributed by atoms with Crippen molar-refractivity contribution < 1.29 is 5.11 Å². The fourth-order valence-electron chi connectivity index (χ4n) is 3.31. The van der Waals surface area contributed by atoms with Crippen molar-refractivity contribution >= 4 is 11.6 Å². The molecule has 2 nitrogen and oxygen atoms in total. The van der Waals surface area contributed by atoms with Gasteiger partial charge in [0.15, 0.2) is 0 Å². The molecule has 16 heavy (non-hydrogen) atoms. The Kier molecular flexibility index (Phi) is 4.51. The van der Waals surface area contributed by atoms with Crippen LogP contribution in [0.15, 0.2) is 0 Å². The molecule has 3 atom stereocenters. The van der Waals surface area contributed by atoms with E-state index in [0.29, 0.717) is 12.1 Å². The van der Waals surface area contributed by atoms with E-state index in [-0.39, 0.29) is 6.10 Å². The molecule has 0 aliphatic carbocycles. The van der Waals surface area contributed by atoms with Crippen molar-refractivity contribution in [3.05, 3.63) is 0 Å². The molecule has 1 N–H and O–H groups in total. The molecule has 2 rings (SSSR count). The summed E-state index contributed by atoms with van der Waals surface area (Å²) in [6.45, 7) is 3.50. The van der Waals surface area contributed by atoms with Gasteiger partial charge in [0.1, 0.15) is 0 Å². The Morgan fingerprint density at radius 1 is 1.25 bits per heavy atom. The van der Waals surface area contributed by atoms with Gasteiger partial charge in [0.2, 0.25) is 0 Å². The molecule has 2 aliphatic heterocycles. The molecule has 2 fully saturated rings. The quantitative estimate of drug-likeness (QED) is 0.753. The molecule has 0 radical (unpaired) electrons. The number of hydrogen-bond donors (Lipinski definition) is 1. The van der Waals surface area contributed by atoms with Crippen molar-refractivity contribution in [1.29, 1.82) is 0 Å². The first-order valence-electron chi connectivity index (χ1n) is 6.70. The summed E-state index contributed by atoms with van der Waals surface area (Å²) < 4.78 is 0. The van der Waals surface area contributed by atoms with E-state index in [0.717, 1.165) is 31.1 Å². The SMILES string of the molecule is CC(CCCl)CCN1C2CCC1CC(O)C2. The third-order valence-electron chi connectivity index (χ3n) is 4.34. The first-order valence-corrected chi connectivity index (χ1v) is 7.24. The van der Waals surface area contributed by atoms with Gasteiger partial charge in [-0.25, -0.2) is 0 Å². The molecule has 2 heterocycles. The highest BCUT2D eigenvalue weighted by atomic mass is 35.5. The maximum atomic E-state index is 9.73. The van der Waals surface area contributed by atoms with E-state index in [2.05, 4.69) is 11.8 Å². The molecule has 0 saturated carbocycles. The lowest BCUT2D eigenvalue weighted by molar-refractivity contribution is 0.0329. The summed E-state index contributed by atoms with van der Waals surface area (Å²) in [5.41, 5.74) is 0. The highest BCUT2D eigenvalue weighted by Crippen LogP contribution is 2.36. The van der Waals surface area contributed by atoms with Gasteiger partial charge in [-0.15, -0.1) is 11.6 Å². The highest BCUT2D eigenvalue weighted by molar-refractivity contribution is 6.17. The molecule has 0 amide bonds. The van der Waals surface area contributed by atoms with Crippen molar-refractivity contribution in [2.24, 2.45) is 5.92 Å². The van der Waals surface area contributed by atoms with Crippen LogP contribution in [0.4, 0.5) is 0 Å². The molecule has 3 heteroatoms. The van der Waals surface area contributed by atoms with Crippen LogP contribution in [0, 0.1) is 5.92 Å². The van der Waals surface area contributed by atoms with Crippen molar-refractivity contribution in [1.82, 2.24) is 4.90 Å². The van der Waals surface area contributed by atoms with Crippen LogP contribution in [0.25, 0.3) is 0 Å². The van der Waals surface area contributed by atoms with Crippen LogP contribution < -0.4 is 0 Å². The Balaban J connectivity index is 1.78. The molecule has 2 saturated heterocycles. The van der Waals surface area contributed by atoms with Gasteiger partial charge in [0.25, 0.3) is 0 Å². The summed E-state index contributed by atoms with van der Waals surface area (Å²) in [4.78, 5) is 2.65. The Labute approximate surface area is 104 Å². The van der Waals surface area contributed by atoms with Crippen LogP contribution in [0.3, 0.4) is 0 Å². The molecule has 0 aromatic heterocycles. The number of aliphatic hydroxyl groups excluding tert-OH is 1. The minimum Gasteiger partial charge on any atom is -0.393 e. The minimum atomic E-state index is -0.0333. The van der Waals surface area contributed by atoms with Crippen molar-refractivity contribution in [3.8, 4) is 0 Å². The molecule has 2 bridgehead atoms. The van der Waals surface area contributed by atoms with Crippen LogP contribution in [-0.4, -0.2) is 40.6 Å². The fourth-order valence-corrected chi connectivity index (χ4v) is 3.68. The van der Waals surface area contributed by atoms with Crippen LogP contribution in [0.5, 0.6) is 0 Å². The van der Waals surface area contributed by atoms with E-state index < -0.39 is 0 Å². The maximum absolute atomic E-state index is 9.73. The van der Waals surface area contributed by atoms with Gasteiger partial charge in [0.05, 0.1) is 6.10 Å². The van der Waals surface area contributed by atoms with Crippen LogP contribution in [0.1, 0.15) is 45.4 Å². The summed E-state index contributed by atoms with van der Waals surface area (Å²) in [6, 6.07) is 1.33. The number of fused-ring (bicyclic) bond motifs is 2. The average Bonchev–Trinajstić information content (AvgIpc) is 2.47. The lowest BCUT2D eigenvalue weighted by Crippen LogP contribution is -2.45. The summed E-state index contributed by atoms with van der Waals surface area (Å²) in [6.07, 6.45) is 6.95. The number of piperidine rings is 1. The summed E-state index contributed by atoms with van der Waals surface area (Å²) >= 11 is 5.76. The Morgan fingerprint density at radius 2 is 1.88 bits per heavy atom. The lowest BCUT2D eigenvalue weighted by atomic mass is 9.98. The zero-order valence-corrected chi connectivity index (χ0v) is 11.0. The maximum Gasteiger partial charge on any atom is 0.0570 e. The molecule has 94 valence electrons. The van der Waals surface area contributed by atoms with Crippen molar-refractivity contribution in [2.45, 2.75) is 63.6 Å². The van der Waals surface area contributed by atoms with Crippen molar-refractivity contribution in [2.75, 3.05) is 12.4 Å². The second-order valence-corrected chi connectivity index (χ2v) is 6.00. The summed E-state index contributed by atoms with van der Waals surface area (Å²) in [5, 5.41) is 9.73. The number of aliphatic hydroxyl groups is 1. The molecule has 3 unspecified atom stereocenters. The van der Waals surface area contributed by atoms with E-state index >= 15 is 0 Å². The standard InChI is InChI=1S/C13H24ClNO/c1-10(4-6-14)5-7-15-11-2-3-12(15)9-13(16)8-11/h10-13,16H,2-9H2,1H3. The van der Waals surface area contributed by atoms with E-state index in [9.17, 15) is 5.11 Å². The lowest BCUT2D eigenvalue weighted by Gasteiger charge is -2.37. The molecule has 0 aromatic carbocycles. The third kappa shape index (κ3) is 2.91. The first kappa shape index (κ1) is 12.7. The van der Waals surface area contributed by atoms with Gasteiger partial charge in [-0.1, -0.05) is 6.92 Å². The zero-order valence-electron chi connectivity index (χ0n) is 10.2. The number of rotatable bonds is 5. The predicted molar refractivity (Wildman–Crippen MR) is 67.9 cm³/mol. The average molecular weight is 246 g/mol. The zero-order chi connectivity index (χ0) is 11.5. The normalized spacial score (nSPS) is 36.6. The number of alkyl halides is 1. The van der Waals surface area contributed by atoms with Crippen molar-refractivity contribution in [3.63, 3.8) is 0 Å². The van der Waals surface area contributed by atoms with Crippen LogP contribution >= 0.6 is 11.6 Å². The molecular formula is C13H24ClNO. The largest absolute Gasteiger partial charge is 0.393 e. The number of hydrogen-bond acceptors (Lipinski definition) is 2. The fraction of sp³-hybridized carbons (Fsp3) is 1.00. The van der Waals surface area contributed by atoms with Gasteiger partial charge < -0.3 is 5.11 Å². The van der Waals surface area contributed by atoms with E-state index in [4.69, 9.17) is 11.6 Å². The number of halogens is 1. The Hall–Kier alpha value is 0.210. The molecule has 0 spiro atoms. The topological polar surface area (TPSA) is 23.5 Å². The Morgan fingerprint density at radius 3 is 2.44 bits per heavy atom. The first-order chi connectivity index (χ1) is 7.70. The van der Waals surface area contributed by atoms with Gasteiger partial charge in [-0.2, -0.15) is 0 Å². The van der Waals surface area contributed by atoms with E-state index in [1.807, 2.05) is 0 Å². The number of nitrogens with zero attached hydrogens (tertiary/aromatic N) is 1. The van der Waals surface area contributed by atoms with E-state index in [1.165, 1.54) is 25.8 Å². The second kappa shape index (κ2) is 5.70. The molecule has 0 aromatic rings. The molecule has 2 aliphatic rings. The smallest absolute Gasteiger partial charge is 0.0570 e. The Bertz CT molecular complexity index is 210. The van der Waals surface area contributed by atoms with Gasteiger partial charge in [-0.05, 0) is 51.0 Å². The van der Waals surface area contributed by atoms with Crippen LogP contribution in [-0.2, 0) is 0 Å². The summed E-state index contributed by atoms with van der Waals surface area (Å²) in [5.74, 6) is 1.52.